The summed E-state index contributed by atoms with van der Waals surface area (Å²) in [7, 11) is 0. The number of fused-ring (bicyclic) bond motifs is 1. The molecule has 0 bridgehead atoms. The van der Waals surface area contributed by atoms with Crippen LogP contribution in [0.25, 0.3) is 11.3 Å². The maximum atomic E-state index is 12.6. The summed E-state index contributed by atoms with van der Waals surface area (Å²) in [6.07, 6.45) is 0.923. The molecule has 1 N–H and O–H groups in total. The lowest BCUT2D eigenvalue weighted by atomic mass is 9.81. The fourth-order valence-corrected chi connectivity index (χ4v) is 3.71. The molecule has 0 fully saturated rings. The van der Waals surface area contributed by atoms with E-state index in [1.165, 1.54) is 6.07 Å². The van der Waals surface area contributed by atoms with Crippen molar-refractivity contribution in [2.75, 3.05) is 5.32 Å². The number of aryl methyl sites for hydroxylation is 1. The number of rotatable bonds is 4. The van der Waals surface area contributed by atoms with Gasteiger partial charge in [0.2, 0.25) is 0 Å². The molecule has 4 nitrogen and oxygen atoms in total. The van der Waals surface area contributed by atoms with Gasteiger partial charge in [0.25, 0.3) is 0 Å². The normalized spacial score (nSPS) is 16.3. The highest BCUT2D eigenvalue weighted by molar-refractivity contribution is 6.00. The fourth-order valence-electron chi connectivity index (χ4n) is 3.71. The summed E-state index contributed by atoms with van der Waals surface area (Å²) in [4.78, 5) is 20.4. The molecule has 1 unspecified atom stereocenters. The minimum absolute atomic E-state index is 0.117. The molecule has 4 rings (SSSR count). The van der Waals surface area contributed by atoms with Gasteiger partial charge < -0.3 is 5.32 Å². The standard InChI is InChI=1S/C23H20F3N3O/c1-2-14-3-4-15-11-16(5-8-19(15)22(14)30)20-9-6-17(12-27-20)29-18-7-10-21(28-13-18)23(24,25)26/h5-14,29H,2-4H2,1H3. The monoisotopic (exact) mass is 411 g/mol. The highest BCUT2D eigenvalue weighted by Gasteiger charge is 2.32. The van der Waals surface area contributed by atoms with Crippen LogP contribution in [0.2, 0.25) is 0 Å². The van der Waals surface area contributed by atoms with Crippen molar-refractivity contribution in [3.8, 4) is 11.3 Å². The van der Waals surface area contributed by atoms with Crippen LogP contribution in [0, 0.1) is 5.92 Å². The highest BCUT2D eigenvalue weighted by atomic mass is 19.4. The van der Waals surface area contributed by atoms with Crippen molar-refractivity contribution < 1.29 is 18.0 Å². The third kappa shape index (κ3) is 4.06. The maximum Gasteiger partial charge on any atom is 0.433 e. The number of carbonyl (C=O) groups is 1. The minimum Gasteiger partial charge on any atom is -0.353 e. The van der Waals surface area contributed by atoms with Crippen molar-refractivity contribution in [2.45, 2.75) is 32.4 Å². The number of aromatic nitrogens is 2. The van der Waals surface area contributed by atoms with Crippen LogP contribution in [0.4, 0.5) is 24.5 Å². The SMILES string of the molecule is CCC1CCc2cc(-c3ccc(Nc4ccc(C(F)(F)F)nc4)cn3)ccc2C1=O. The Morgan fingerprint density at radius 3 is 2.37 bits per heavy atom. The molecular weight excluding hydrogens is 391 g/mol. The van der Waals surface area contributed by atoms with Gasteiger partial charge >= 0.3 is 6.18 Å². The summed E-state index contributed by atoms with van der Waals surface area (Å²) in [5.74, 6) is 0.342. The third-order valence-corrected chi connectivity index (χ3v) is 5.40. The lowest BCUT2D eigenvalue weighted by Gasteiger charge is -2.22. The summed E-state index contributed by atoms with van der Waals surface area (Å²) < 4.78 is 37.8. The molecule has 2 aromatic heterocycles. The van der Waals surface area contributed by atoms with Gasteiger partial charge in [0, 0.05) is 17.0 Å². The van der Waals surface area contributed by atoms with Crippen LogP contribution >= 0.6 is 0 Å². The number of halogens is 3. The summed E-state index contributed by atoms with van der Waals surface area (Å²) in [5, 5.41) is 2.99. The van der Waals surface area contributed by atoms with Gasteiger partial charge in [-0.05, 0) is 55.2 Å². The second-order valence-electron chi connectivity index (χ2n) is 7.37. The number of alkyl halides is 3. The second-order valence-corrected chi connectivity index (χ2v) is 7.37. The predicted molar refractivity (Wildman–Crippen MR) is 109 cm³/mol. The largest absolute Gasteiger partial charge is 0.433 e. The Morgan fingerprint density at radius 2 is 1.77 bits per heavy atom. The number of anilines is 2. The smallest absolute Gasteiger partial charge is 0.353 e. The molecule has 0 saturated carbocycles. The molecule has 0 spiro atoms. The van der Waals surface area contributed by atoms with E-state index in [2.05, 4.69) is 15.3 Å². The van der Waals surface area contributed by atoms with Crippen molar-refractivity contribution in [3.05, 3.63) is 71.7 Å². The molecule has 30 heavy (non-hydrogen) atoms. The van der Waals surface area contributed by atoms with E-state index < -0.39 is 11.9 Å². The molecule has 2 heterocycles. The lowest BCUT2D eigenvalue weighted by molar-refractivity contribution is -0.141. The van der Waals surface area contributed by atoms with Crippen LogP contribution in [-0.4, -0.2) is 15.8 Å². The maximum absolute atomic E-state index is 12.6. The zero-order valence-corrected chi connectivity index (χ0v) is 16.3. The first-order valence-electron chi connectivity index (χ1n) is 9.79. The Balaban J connectivity index is 1.50. The second kappa shape index (κ2) is 7.89. The molecular formula is C23H20F3N3O. The zero-order valence-electron chi connectivity index (χ0n) is 16.3. The molecule has 1 atom stereocenters. The van der Waals surface area contributed by atoms with E-state index in [4.69, 9.17) is 0 Å². The van der Waals surface area contributed by atoms with Crippen molar-refractivity contribution >= 4 is 17.2 Å². The Morgan fingerprint density at radius 1 is 1.03 bits per heavy atom. The average Bonchev–Trinajstić information content (AvgIpc) is 2.74. The molecule has 1 aliphatic rings. The van der Waals surface area contributed by atoms with Crippen LogP contribution < -0.4 is 5.32 Å². The number of benzene rings is 1. The van der Waals surface area contributed by atoms with E-state index in [1.54, 1.807) is 12.3 Å². The number of carbonyl (C=O) groups excluding carboxylic acids is 1. The number of Topliss-reactive ketones (excluding diaryl/α,β-unsaturated/α-hetero) is 1. The van der Waals surface area contributed by atoms with E-state index >= 15 is 0 Å². The number of hydrogen-bond acceptors (Lipinski definition) is 4. The van der Waals surface area contributed by atoms with Crippen LogP contribution in [0.3, 0.4) is 0 Å². The van der Waals surface area contributed by atoms with Gasteiger partial charge in [-0.3, -0.25) is 9.78 Å². The van der Waals surface area contributed by atoms with Crippen molar-refractivity contribution in [1.82, 2.24) is 9.97 Å². The van der Waals surface area contributed by atoms with Crippen molar-refractivity contribution in [2.24, 2.45) is 5.92 Å². The van der Waals surface area contributed by atoms with Crippen LogP contribution in [0.15, 0.2) is 54.9 Å². The Labute approximate surface area is 172 Å². The minimum atomic E-state index is -4.46. The van der Waals surface area contributed by atoms with Crippen molar-refractivity contribution in [1.29, 1.82) is 0 Å². The molecule has 0 amide bonds. The summed E-state index contributed by atoms with van der Waals surface area (Å²) >= 11 is 0. The van der Waals surface area contributed by atoms with E-state index in [9.17, 15) is 18.0 Å². The number of nitrogens with one attached hydrogen (secondary N) is 1. The topological polar surface area (TPSA) is 54.9 Å². The van der Waals surface area contributed by atoms with E-state index in [0.29, 0.717) is 11.4 Å². The molecule has 0 aliphatic heterocycles. The van der Waals surface area contributed by atoms with E-state index in [0.717, 1.165) is 53.9 Å². The predicted octanol–water partition coefficient (Wildman–Crippen LogP) is 6.06. The van der Waals surface area contributed by atoms with Crippen LogP contribution in [-0.2, 0) is 12.6 Å². The number of hydrogen-bond donors (Lipinski definition) is 1. The Bertz CT molecular complexity index is 1060. The first kappa shape index (κ1) is 20.1. The average molecular weight is 411 g/mol. The van der Waals surface area contributed by atoms with Crippen LogP contribution in [0.1, 0.15) is 41.4 Å². The quantitative estimate of drug-likeness (QED) is 0.567. The van der Waals surface area contributed by atoms with Gasteiger partial charge in [0.1, 0.15) is 5.69 Å². The van der Waals surface area contributed by atoms with Crippen LogP contribution in [0.5, 0.6) is 0 Å². The molecule has 3 aromatic rings. The number of nitrogens with zero attached hydrogens (tertiary/aromatic N) is 2. The van der Waals surface area contributed by atoms with Gasteiger partial charge in [-0.25, -0.2) is 4.98 Å². The van der Waals surface area contributed by atoms with Gasteiger partial charge in [-0.1, -0.05) is 19.1 Å². The third-order valence-electron chi connectivity index (χ3n) is 5.40. The first-order valence-corrected chi connectivity index (χ1v) is 9.79. The molecule has 154 valence electrons. The number of pyridine rings is 2. The van der Waals surface area contributed by atoms with E-state index in [-0.39, 0.29) is 11.7 Å². The zero-order chi connectivity index (χ0) is 21.3. The molecule has 0 saturated heterocycles. The summed E-state index contributed by atoms with van der Waals surface area (Å²) in [6, 6.07) is 11.7. The molecule has 1 aliphatic carbocycles. The Hall–Kier alpha value is -3.22. The summed E-state index contributed by atoms with van der Waals surface area (Å²) in [6.45, 7) is 2.04. The Kier molecular flexibility index (Phi) is 5.28. The fraction of sp³-hybridized carbons (Fsp3) is 0.261. The molecule has 7 heteroatoms. The molecule has 0 radical (unpaired) electrons. The first-order chi connectivity index (χ1) is 14.3. The highest BCUT2D eigenvalue weighted by Crippen LogP contribution is 2.31. The van der Waals surface area contributed by atoms with Crippen molar-refractivity contribution in [3.63, 3.8) is 0 Å². The van der Waals surface area contributed by atoms with Gasteiger partial charge in [-0.15, -0.1) is 0 Å². The summed E-state index contributed by atoms with van der Waals surface area (Å²) in [5.41, 5.74) is 3.71. The van der Waals surface area contributed by atoms with Gasteiger partial charge in [0.15, 0.2) is 5.78 Å². The molecule has 1 aromatic carbocycles. The van der Waals surface area contributed by atoms with Gasteiger partial charge in [0.05, 0.1) is 29.5 Å². The van der Waals surface area contributed by atoms with E-state index in [1.807, 2.05) is 31.2 Å². The number of ketones is 1. The lowest BCUT2D eigenvalue weighted by Crippen LogP contribution is -2.21. The van der Waals surface area contributed by atoms with Gasteiger partial charge in [-0.2, -0.15) is 13.2 Å².